The first-order chi connectivity index (χ1) is 13.6. The number of thiophene rings is 1. The largest absolute Gasteiger partial charge is 0.466 e. The monoisotopic (exact) mass is 400 g/mol. The van der Waals surface area contributed by atoms with E-state index in [9.17, 15) is 9.59 Å². The Labute approximate surface area is 170 Å². The maximum atomic E-state index is 13.0. The number of hydrogen-bond donors (Lipinski definition) is 1. The lowest BCUT2D eigenvalue weighted by atomic mass is 10.1. The molecule has 1 fully saturated rings. The maximum Gasteiger partial charge on any atom is 0.322 e. The molecule has 1 aliphatic rings. The number of carbonyl (C=O) groups is 2. The topological polar surface area (TPSA) is 58.6 Å². The number of esters is 1. The summed E-state index contributed by atoms with van der Waals surface area (Å²) >= 11 is 1.78. The smallest absolute Gasteiger partial charge is 0.322 e. The first-order valence-electron chi connectivity index (χ1n) is 9.95. The Hall–Kier alpha value is -2.34. The van der Waals surface area contributed by atoms with Crippen LogP contribution in [-0.2, 0) is 16.0 Å². The Balaban J connectivity index is 1.67. The fourth-order valence-corrected chi connectivity index (χ4v) is 4.58. The van der Waals surface area contributed by atoms with Gasteiger partial charge in [-0.1, -0.05) is 25.0 Å². The number of anilines is 1. The van der Waals surface area contributed by atoms with E-state index < -0.39 is 0 Å². The zero-order valence-corrected chi connectivity index (χ0v) is 17.4. The van der Waals surface area contributed by atoms with Gasteiger partial charge in [0.05, 0.1) is 19.1 Å². The predicted octanol–water partition coefficient (Wildman–Crippen LogP) is 5.31. The van der Waals surface area contributed by atoms with Crippen molar-refractivity contribution in [2.75, 3.05) is 18.5 Å². The molecule has 2 heterocycles. The van der Waals surface area contributed by atoms with Crippen LogP contribution in [0.5, 0.6) is 0 Å². The molecule has 1 atom stereocenters. The summed E-state index contributed by atoms with van der Waals surface area (Å²) in [6.07, 6.45) is 4.59. The van der Waals surface area contributed by atoms with Crippen LogP contribution in [0.1, 0.15) is 54.0 Å². The van der Waals surface area contributed by atoms with Gasteiger partial charge in [-0.25, -0.2) is 4.79 Å². The first kappa shape index (κ1) is 20.4. The molecule has 0 spiro atoms. The number of rotatable bonds is 5. The van der Waals surface area contributed by atoms with E-state index in [0.29, 0.717) is 6.61 Å². The molecular weight excluding hydrogens is 372 g/mol. The number of nitrogens with zero attached hydrogens (tertiary/aromatic N) is 1. The molecule has 1 aromatic heterocycles. The molecule has 150 valence electrons. The fourth-order valence-electron chi connectivity index (χ4n) is 3.56. The van der Waals surface area contributed by atoms with E-state index >= 15 is 0 Å². The normalized spacial score (nSPS) is 17.1. The number of aryl methyl sites for hydroxylation is 1. The molecule has 1 saturated heterocycles. The Kier molecular flexibility index (Phi) is 7.09. The predicted molar refractivity (Wildman–Crippen MR) is 113 cm³/mol. The Bertz CT molecular complexity index is 800. The molecule has 0 radical (unpaired) electrons. The van der Waals surface area contributed by atoms with Crippen molar-refractivity contribution in [3.63, 3.8) is 0 Å². The van der Waals surface area contributed by atoms with Gasteiger partial charge in [0, 0.05) is 22.0 Å². The molecule has 1 aliphatic heterocycles. The van der Waals surface area contributed by atoms with Gasteiger partial charge in [-0.3, -0.25) is 4.79 Å². The van der Waals surface area contributed by atoms with Gasteiger partial charge < -0.3 is 15.0 Å². The average Bonchev–Trinajstić information content (AvgIpc) is 2.95. The van der Waals surface area contributed by atoms with Gasteiger partial charge in [0.25, 0.3) is 0 Å². The molecule has 1 aromatic carbocycles. The van der Waals surface area contributed by atoms with Crippen LogP contribution in [0.3, 0.4) is 0 Å². The van der Waals surface area contributed by atoms with Gasteiger partial charge in [-0.05, 0) is 56.5 Å². The number of nitrogens with one attached hydrogen (secondary N) is 1. The highest BCUT2D eigenvalue weighted by molar-refractivity contribution is 7.12. The van der Waals surface area contributed by atoms with Crippen LogP contribution < -0.4 is 5.32 Å². The van der Waals surface area contributed by atoms with E-state index in [-0.39, 0.29) is 24.5 Å². The van der Waals surface area contributed by atoms with Crippen LogP contribution in [-0.4, -0.2) is 30.1 Å². The second kappa shape index (κ2) is 9.73. The van der Waals surface area contributed by atoms with Crippen LogP contribution in [0.4, 0.5) is 10.5 Å². The number of likely N-dealkylation sites (tertiary alicyclic amines) is 1. The van der Waals surface area contributed by atoms with E-state index in [1.165, 1.54) is 9.75 Å². The number of urea groups is 1. The van der Waals surface area contributed by atoms with E-state index in [4.69, 9.17) is 4.74 Å². The summed E-state index contributed by atoms with van der Waals surface area (Å²) in [6, 6.07) is 11.8. The van der Waals surface area contributed by atoms with Gasteiger partial charge in [-0.15, -0.1) is 11.3 Å². The average molecular weight is 401 g/mol. The van der Waals surface area contributed by atoms with Crippen molar-refractivity contribution >= 4 is 29.0 Å². The quantitative estimate of drug-likeness (QED) is 0.692. The number of carbonyl (C=O) groups excluding carboxylic acids is 2. The molecule has 6 heteroatoms. The molecule has 0 unspecified atom stereocenters. The van der Waals surface area contributed by atoms with E-state index in [0.717, 1.165) is 43.5 Å². The molecule has 0 saturated carbocycles. The van der Waals surface area contributed by atoms with Crippen molar-refractivity contribution in [3.8, 4) is 0 Å². The standard InChI is InChI=1S/C22H28N2O3S/c1-3-27-21(25)15-17-9-11-18(12-10-17)23-22(26)24-14-6-4-5-7-19(24)20-13-8-16(2)28-20/h8-13,19H,3-7,14-15H2,1-2H3,(H,23,26)/t19-/m1/s1. The van der Waals surface area contributed by atoms with Crippen molar-refractivity contribution in [2.45, 2.75) is 52.0 Å². The lowest BCUT2D eigenvalue weighted by Crippen LogP contribution is -2.37. The minimum atomic E-state index is -0.238. The second-order valence-electron chi connectivity index (χ2n) is 7.12. The van der Waals surface area contributed by atoms with E-state index in [1.807, 2.05) is 29.2 Å². The molecule has 2 aromatic rings. The number of amides is 2. The summed E-state index contributed by atoms with van der Waals surface area (Å²) in [5.74, 6) is -0.238. The van der Waals surface area contributed by atoms with Crippen LogP contribution in [0, 0.1) is 6.92 Å². The molecule has 0 bridgehead atoms. The molecule has 5 nitrogen and oxygen atoms in total. The Morgan fingerprint density at radius 1 is 1.14 bits per heavy atom. The number of ether oxygens (including phenoxy) is 1. The minimum Gasteiger partial charge on any atom is -0.466 e. The van der Waals surface area contributed by atoms with Crippen molar-refractivity contribution in [1.29, 1.82) is 0 Å². The summed E-state index contributed by atoms with van der Waals surface area (Å²) < 4.78 is 4.97. The third-order valence-electron chi connectivity index (χ3n) is 4.96. The highest BCUT2D eigenvalue weighted by Gasteiger charge is 2.27. The summed E-state index contributed by atoms with van der Waals surface area (Å²) in [6.45, 7) is 5.05. The molecule has 2 amide bonds. The summed E-state index contributed by atoms with van der Waals surface area (Å²) in [4.78, 5) is 29.1. The summed E-state index contributed by atoms with van der Waals surface area (Å²) in [7, 11) is 0. The third kappa shape index (κ3) is 5.35. The zero-order chi connectivity index (χ0) is 19.9. The fraction of sp³-hybridized carbons (Fsp3) is 0.455. The van der Waals surface area contributed by atoms with Crippen LogP contribution in [0.15, 0.2) is 36.4 Å². The number of benzene rings is 1. The highest BCUT2D eigenvalue weighted by atomic mass is 32.1. The molecule has 1 N–H and O–H groups in total. The summed E-state index contributed by atoms with van der Waals surface area (Å²) in [5.41, 5.74) is 1.61. The van der Waals surface area contributed by atoms with Crippen molar-refractivity contribution in [3.05, 3.63) is 51.7 Å². The zero-order valence-electron chi connectivity index (χ0n) is 16.6. The molecule has 28 heavy (non-hydrogen) atoms. The van der Waals surface area contributed by atoms with Crippen LogP contribution in [0.25, 0.3) is 0 Å². The van der Waals surface area contributed by atoms with Crippen molar-refractivity contribution in [1.82, 2.24) is 4.90 Å². The van der Waals surface area contributed by atoms with Crippen LogP contribution in [0.2, 0.25) is 0 Å². The first-order valence-corrected chi connectivity index (χ1v) is 10.8. The van der Waals surface area contributed by atoms with Gasteiger partial charge >= 0.3 is 12.0 Å². The lowest BCUT2D eigenvalue weighted by molar-refractivity contribution is -0.142. The lowest BCUT2D eigenvalue weighted by Gasteiger charge is -2.29. The Morgan fingerprint density at radius 2 is 1.93 bits per heavy atom. The van der Waals surface area contributed by atoms with Gasteiger partial charge in [0.2, 0.25) is 0 Å². The van der Waals surface area contributed by atoms with Crippen molar-refractivity contribution < 1.29 is 14.3 Å². The van der Waals surface area contributed by atoms with Gasteiger partial charge in [0.1, 0.15) is 0 Å². The Morgan fingerprint density at radius 3 is 2.61 bits per heavy atom. The van der Waals surface area contributed by atoms with Gasteiger partial charge in [0.15, 0.2) is 0 Å². The second-order valence-corrected chi connectivity index (χ2v) is 8.44. The van der Waals surface area contributed by atoms with Crippen LogP contribution >= 0.6 is 11.3 Å². The number of hydrogen-bond acceptors (Lipinski definition) is 4. The third-order valence-corrected chi connectivity index (χ3v) is 6.06. The minimum absolute atomic E-state index is 0.0592. The SMILES string of the molecule is CCOC(=O)Cc1ccc(NC(=O)N2CCCCC[C@@H]2c2ccc(C)s2)cc1. The molecule has 0 aliphatic carbocycles. The van der Waals surface area contributed by atoms with E-state index in [2.05, 4.69) is 24.4 Å². The summed E-state index contributed by atoms with van der Waals surface area (Å²) in [5, 5.41) is 3.03. The van der Waals surface area contributed by atoms with Gasteiger partial charge in [-0.2, -0.15) is 0 Å². The molecular formula is C22H28N2O3S. The maximum absolute atomic E-state index is 13.0. The van der Waals surface area contributed by atoms with Crippen molar-refractivity contribution in [2.24, 2.45) is 0 Å². The highest BCUT2D eigenvalue weighted by Crippen LogP contribution is 2.34. The molecule has 3 rings (SSSR count). The van der Waals surface area contributed by atoms with E-state index in [1.54, 1.807) is 18.3 Å².